The van der Waals surface area contributed by atoms with Crippen LogP contribution in [0.2, 0.25) is 0 Å². The molecule has 0 atom stereocenters. The van der Waals surface area contributed by atoms with Crippen molar-refractivity contribution in [3.8, 4) is 17.0 Å². The van der Waals surface area contributed by atoms with Crippen LogP contribution in [0.25, 0.3) is 11.3 Å². The van der Waals surface area contributed by atoms with Crippen LogP contribution in [0.5, 0.6) is 5.75 Å². The molecule has 0 bridgehead atoms. The first kappa shape index (κ1) is 15.7. The van der Waals surface area contributed by atoms with Gasteiger partial charge in [0.05, 0.1) is 18.6 Å². The second kappa shape index (κ2) is 6.87. The molecule has 0 fully saturated rings. The highest BCUT2D eigenvalue weighted by Crippen LogP contribution is 2.31. The number of halogens is 1. The zero-order valence-corrected chi connectivity index (χ0v) is 13.5. The SMILES string of the molecule is Br.CNCCn1cnc2c(c1=O)CCOc1ccccc1-2. The van der Waals surface area contributed by atoms with E-state index in [4.69, 9.17) is 4.74 Å². The van der Waals surface area contributed by atoms with Gasteiger partial charge in [0.1, 0.15) is 5.75 Å². The molecule has 112 valence electrons. The van der Waals surface area contributed by atoms with Crippen LogP contribution in [0.3, 0.4) is 0 Å². The Kier molecular flexibility index (Phi) is 5.14. The summed E-state index contributed by atoms with van der Waals surface area (Å²) in [6, 6.07) is 7.73. The Labute approximate surface area is 133 Å². The molecule has 2 heterocycles. The van der Waals surface area contributed by atoms with Crippen molar-refractivity contribution in [1.29, 1.82) is 0 Å². The van der Waals surface area contributed by atoms with Crippen molar-refractivity contribution in [2.24, 2.45) is 0 Å². The molecule has 6 heteroatoms. The maximum absolute atomic E-state index is 12.5. The first-order chi connectivity index (χ1) is 9.81. The van der Waals surface area contributed by atoms with E-state index in [-0.39, 0.29) is 22.5 Å². The van der Waals surface area contributed by atoms with Crippen LogP contribution in [0, 0.1) is 0 Å². The van der Waals surface area contributed by atoms with E-state index in [1.807, 2.05) is 31.3 Å². The molecule has 21 heavy (non-hydrogen) atoms. The van der Waals surface area contributed by atoms with Crippen LogP contribution in [0.4, 0.5) is 0 Å². The molecule has 1 aliphatic rings. The number of hydrogen-bond donors (Lipinski definition) is 1. The molecule has 1 aromatic carbocycles. The van der Waals surface area contributed by atoms with Crippen LogP contribution >= 0.6 is 17.0 Å². The van der Waals surface area contributed by atoms with E-state index in [0.29, 0.717) is 19.6 Å². The molecule has 0 amide bonds. The van der Waals surface area contributed by atoms with E-state index < -0.39 is 0 Å². The summed E-state index contributed by atoms with van der Waals surface area (Å²) in [6.07, 6.45) is 2.22. The lowest BCUT2D eigenvalue weighted by Crippen LogP contribution is -2.29. The standard InChI is InChI=1S/C15H17N3O2.BrH/c1-16-7-8-18-10-17-14-11-4-2-3-5-13(11)20-9-6-12(14)15(18)19;/h2-5,10,16H,6-9H2,1H3;1H. The molecule has 1 N–H and O–H groups in total. The van der Waals surface area contributed by atoms with Gasteiger partial charge in [-0.05, 0) is 19.2 Å². The number of nitrogens with one attached hydrogen (secondary N) is 1. The van der Waals surface area contributed by atoms with Crippen LogP contribution < -0.4 is 15.6 Å². The summed E-state index contributed by atoms with van der Waals surface area (Å²) < 4.78 is 7.36. The van der Waals surface area contributed by atoms with Crippen molar-refractivity contribution >= 4 is 17.0 Å². The molecule has 1 aromatic heterocycles. The minimum atomic E-state index is 0. The maximum atomic E-state index is 12.5. The Bertz CT molecular complexity index is 685. The zero-order chi connectivity index (χ0) is 13.9. The fourth-order valence-electron chi connectivity index (χ4n) is 2.43. The van der Waals surface area contributed by atoms with Gasteiger partial charge in [0, 0.05) is 30.6 Å². The molecule has 0 spiro atoms. The molecule has 2 aromatic rings. The van der Waals surface area contributed by atoms with Crippen molar-refractivity contribution in [3.05, 3.63) is 46.5 Å². The van der Waals surface area contributed by atoms with Crippen LogP contribution in [-0.2, 0) is 13.0 Å². The van der Waals surface area contributed by atoms with E-state index in [2.05, 4.69) is 10.3 Å². The quantitative estimate of drug-likeness (QED) is 0.913. The second-order valence-electron chi connectivity index (χ2n) is 4.77. The lowest BCUT2D eigenvalue weighted by Gasteiger charge is -2.10. The number of rotatable bonds is 3. The predicted molar refractivity (Wildman–Crippen MR) is 87.4 cm³/mol. The van der Waals surface area contributed by atoms with Crippen LogP contribution in [-0.4, -0.2) is 29.8 Å². The number of fused-ring (bicyclic) bond motifs is 3. The Morgan fingerprint density at radius 1 is 1.38 bits per heavy atom. The minimum absolute atomic E-state index is 0. The third kappa shape index (κ3) is 3.01. The Morgan fingerprint density at radius 2 is 2.19 bits per heavy atom. The first-order valence-corrected chi connectivity index (χ1v) is 6.76. The van der Waals surface area contributed by atoms with E-state index in [0.717, 1.165) is 29.1 Å². The fourth-order valence-corrected chi connectivity index (χ4v) is 2.43. The number of benzene rings is 1. The molecule has 1 aliphatic heterocycles. The van der Waals surface area contributed by atoms with Gasteiger partial charge >= 0.3 is 0 Å². The van der Waals surface area contributed by atoms with Gasteiger partial charge in [-0.3, -0.25) is 9.36 Å². The lowest BCUT2D eigenvalue weighted by molar-refractivity contribution is 0.326. The molecule has 0 saturated heterocycles. The van der Waals surface area contributed by atoms with Crippen molar-refractivity contribution in [2.75, 3.05) is 20.2 Å². The second-order valence-corrected chi connectivity index (χ2v) is 4.77. The van der Waals surface area contributed by atoms with Gasteiger partial charge in [-0.15, -0.1) is 17.0 Å². The number of para-hydroxylation sites is 1. The monoisotopic (exact) mass is 351 g/mol. The van der Waals surface area contributed by atoms with Gasteiger partial charge in [-0.2, -0.15) is 0 Å². The van der Waals surface area contributed by atoms with Gasteiger partial charge in [0.2, 0.25) is 0 Å². The summed E-state index contributed by atoms with van der Waals surface area (Å²) in [5.41, 5.74) is 2.43. The number of nitrogens with zero attached hydrogens (tertiary/aromatic N) is 2. The average Bonchev–Trinajstić information content (AvgIpc) is 2.67. The summed E-state index contributed by atoms with van der Waals surface area (Å²) in [6.45, 7) is 1.88. The largest absolute Gasteiger partial charge is 0.493 e. The lowest BCUT2D eigenvalue weighted by atomic mass is 10.1. The molecule has 0 saturated carbocycles. The fraction of sp³-hybridized carbons (Fsp3) is 0.333. The summed E-state index contributed by atoms with van der Waals surface area (Å²) >= 11 is 0. The summed E-state index contributed by atoms with van der Waals surface area (Å²) in [5, 5.41) is 3.04. The molecule has 3 rings (SSSR count). The first-order valence-electron chi connectivity index (χ1n) is 6.76. The highest BCUT2D eigenvalue weighted by molar-refractivity contribution is 8.93. The van der Waals surface area contributed by atoms with Crippen molar-refractivity contribution in [2.45, 2.75) is 13.0 Å². The van der Waals surface area contributed by atoms with Gasteiger partial charge in [-0.1, -0.05) is 12.1 Å². The third-order valence-corrected chi connectivity index (χ3v) is 3.49. The molecular formula is C15H18BrN3O2. The van der Waals surface area contributed by atoms with Gasteiger partial charge < -0.3 is 10.1 Å². The highest BCUT2D eigenvalue weighted by atomic mass is 79.9. The van der Waals surface area contributed by atoms with Gasteiger partial charge in [-0.25, -0.2) is 4.98 Å². The average molecular weight is 352 g/mol. The van der Waals surface area contributed by atoms with Gasteiger partial charge in [0.15, 0.2) is 0 Å². The summed E-state index contributed by atoms with van der Waals surface area (Å²) in [4.78, 5) is 17.0. The molecule has 0 aliphatic carbocycles. The Hall–Kier alpha value is -1.66. The number of ether oxygens (including phenoxy) is 1. The maximum Gasteiger partial charge on any atom is 0.257 e. The predicted octanol–water partition coefficient (Wildman–Crippen LogP) is 1.64. The van der Waals surface area contributed by atoms with Crippen LogP contribution in [0.1, 0.15) is 5.56 Å². The van der Waals surface area contributed by atoms with Crippen molar-refractivity contribution < 1.29 is 4.74 Å². The third-order valence-electron chi connectivity index (χ3n) is 3.49. The summed E-state index contributed by atoms with van der Waals surface area (Å²) in [5.74, 6) is 0.797. The van der Waals surface area contributed by atoms with Gasteiger partial charge in [0.25, 0.3) is 5.56 Å². The van der Waals surface area contributed by atoms with E-state index in [1.54, 1.807) is 10.9 Å². The smallest absolute Gasteiger partial charge is 0.257 e. The highest BCUT2D eigenvalue weighted by Gasteiger charge is 2.19. The topological polar surface area (TPSA) is 56.2 Å². The number of likely N-dealkylation sites (N-methyl/N-ethyl adjacent to an activating group) is 1. The molecular weight excluding hydrogens is 334 g/mol. The molecule has 0 unspecified atom stereocenters. The molecule has 5 nitrogen and oxygen atoms in total. The van der Waals surface area contributed by atoms with E-state index in [1.165, 1.54) is 0 Å². The van der Waals surface area contributed by atoms with Crippen LogP contribution in [0.15, 0.2) is 35.4 Å². The minimum Gasteiger partial charge on any atom is -0.493 e. The Balaban J connectivity index is 0.00000161. The normalized spacial score (nSPS) is 12.4. The van der Waals surface area contributed by atoms with Crippen molar-refractivity contribution in [1.82, 2.24) is 14.9 Å². The number of aromatic nitrogens is 2. The summed E-state index contributed by atoms with van der Waals surface area (Å²) in [7, 11) is 1.87. The zero-order valence-electron chi connectivity index (χ0n) is 11.8. The number of hydrogen-bond acceptors (Lipinski definition) is 4. The molecule has 0 radical (unpaired) electrons. The van der Waals surface area contributed by atoms with E-state index in [9.17, 15) is 4.79 Å². The Morgan fingerprint density at radius 3 is 3.00 bits per heavy atom. The van der Waals surface area contributed by atoms with E-state index >= 15 is 0 Å². The van der Waals surface area contributed by atoms with Crippen molar-refractivity contribution in [3.63, 3.8) is 0 Å².